The summed E-state index contributed by atoms with van der Waals surface area (Å²) in [7, 11) is 0. The van der Waals surface area contributed by atoms with Crippen molar-refractivity contribution in [3.05, 3.63) is 0 Å². The van der Waals surface area contributed by atoms with E-state index in [0.29, 0.717) is 13.0 Å². The van der Waals surface area contributed by atoms with E-state index in [4.69, 9.17) is 4.74 Å². The Labute approximate surface area is 85.4 Å². The molecule has 2 aliphatic heterocycles. The molecule has 0 radical (unpaired) electrons. The van der Waals surface area contributed by atoms with Gasteiger partial charge in [0.05, 0.1) is 12.7 Å². The van der Waals surface area contributed by atoms with E-state index in [1.807, 2.05) is 20.8 Å². The maximum absolute atomic E-state index is 13.5. The maximum atomic E-state index is 13.5. The van der Waals surface area contributed by atoms with Gasteiger partial charge in [0.15, 0.2) is 0 Å². The zero-order chi connectivity index (χ0) is 10.3. The quantitative estimate of drug-likeness (QED) is 0.692. The molecule has 82 valence electrons. The molecule has 0 aromatic carbocycles. The molecule has 2 aliphatic rings. The van der Waals surface area contributed by atoms with Crippen LogP contribution in [0.4, 0.5) is 4.39 Å². The lowest BCUT2D eigenvalue weighted by Gasteiger charge is -2.49. The smallest absolute Gasteiger partial charge is 0.117 e. The predicted octanol–water partition coefficient (Wildman–Crippen LogP) is 1.99. The van der Waals surface area contributed by atoms with Crippen molar-refractivity contribution in [3.8, 4) is 0 Å². The molecule has 2 saturated heterocycles. The number of hydrogen-bond donors (Lipinski definition) is 0. The Morgan fingerprint density at radius 1 is 1.57 bits per heavy atom. The molecule has 14 heavy (non-hydrogen) atoms. The van der Waals surface area contributed by atoms with E-state index in [1.165, 1.54) is 0 Å². The number of ether oxygens (including phenoxy) is 1. The zero-order valence-corrected chi connectivity index (χ0v) is 9.29. The summed E-state index contributed by atoms with van der Waals surface area (Å²) >= 11 is 0. The van der Waals surface area contributed by atoms with Gasteiger partial charge >= 0.3 is 0 Å². The highest BCUT2D eigenvalue weighted by atomic mass is 19.1. The van der Waals surface area contributed by atoms with Crippen molar-refractivity contribution in [1.82, 2.24) is 4.90 Å². The summed E-state index contributed by atoms with van der Waals surface area (Å²) in [6.07, 6.45) is 1.36. The summed E-state index contributed by atoms with van der Waals surface area (Å²) in [4.78, 5) is 2.28. The van der Waals surface area contributed by atoms with Crippen LogP contribution < -0.4 is 0 Å². The third kappa shape index (κ3) is 1.47. The Bertz CT molecular complexity index is 221. The van der Waals surface area contributed by atoms with Crippen LogP contribution in [0, 0.1) is 0 Å². The lowest BCUT2D eigenvalue weighted by atomic mass is 9.85. The van der Waals surface area contributed by atoms with E-state index in [2.05, 4.69) is 4.90 Å². The molecule has 0 aromatic heterocycles. The number of alkyl halides is 1. The van der Waals surface area contributed by atoms with Gasteiger partial charge in [-0.25, -0.2) is 4.39 Å². The van der Waals surface area contributed by atoms with Gasteiger partial charge < -0.3 is 4.74 Å². The molecule has 0 unspecified atom stereocenters. The van der Waals surface area contributed by atoms with Crippen molar-refractivity contribution < 1.29 is 9.13 Å². The van der Waals surface area contributed by atoms with Crippen molar-refractivity contribution in [2.75, 3.05) is 13.2 Å². The average Bonchev–Trinajstić information content (AvgIpc) is 2.23. The molecule has 0 saturated carbocycles. The summed E-state index contributed by atoms with van der Waals surface area (Å²) in [6.45, 7) is 7.80. The Morgan fingerprint density at radius 2 is 2.29 bits per heavy atom. The molecule has 3 atom stereocenters. The largest absolute Gasteiger partial charge is 0.377 e. The number of fused-ring (bicyclic) bond motifs is 1. The summed E-state index contributed by atoms with van der Waals surface area (Å²) < 4.78 is 19.2. The molecule has 0 N–H and O–H groups in total. The second-order valence-electron chi connectivity index (χ2n) is 4.99. The molecule has 2 heterocycles. The fraction of sp³-hybridized carbons (Fsp3) is 1.00. The number of rotatable bonds is 3. The van der Waals surface area contributed by atoms with E-state index >= 15 is 0 Å². The van der Waals surface area contributed by atoms with Crippen molar-refractivity contribution in [1.29, 1.82) is 0 Å². The first-order chi connectivity index (χ1) is 6.55. The predicted molar refractivity (Wildman–Crippen MR) is 54.1 cm³/mol. The fourth-order valence-corrected chi connectivity index (χ4v) is 2.68. The molecule has 0 aliphatic carbocycles. The van der Waals surface area contributed by atoms with Crippen LogP contribution in [0.1, 0.15) is 33.6 Å². The molecule has 2 fully saturated rings. The molecule has 2 rings (SSSR count). The summed E-state index contributed by atoms with van der Waals surface area (Å²) in [6, 6.07) is 0.0968. The van der Waals surface area contributed by atoms with Crippen LogP contribution >= 0.6 is 0 Å². The van der Waals surface area contributed by atoms with Gasteiger partial charge in [0.1, 0.15) is 6.17 Å². The highest BCUT2D eigenvalue weighted by Gasteiger charge is 2.55. The monoisotopic (exact) mass is 201 g/mol. The molecule has 0 aromatic rings. The Balaban J connectivity index is 1.96. The zero-order valence-electron chi connectivity index (χ0n) is 9.29. The van der Waals surface area contributed by atoms with Crippen LogP contribution in [0.5, 0.6) is 0 Å². The van der Waals surface area contributed by atoms with Crippen molar-refractivity contribution in [2.45, 2.75) is 57.5 Å². The Morgan fingerprint density at radius 3 is 2.71 bits per heavy atom. The third-order valence-corrected chi connectivity index (χ3v) is 3.70. The topological polar surface area (TPSA) is 12.5 Å². The van der Waals surface area contributed by atoms with E-state index < -0.39 is 6.17 Å². The second-order valence-corrected chi connectivity index (χ2v) is 4.99. The Hall–Kier alpha value is -0.150. The van der Waals surface area contributed by atoms with E-state index in [-0.39, 0.29) is 17.7 Å². The first-order valence-corrected chi connectivity index (χ1v) is 5.57. The van der Waals surface area contributed by atoms with Crippen LogP contribution in [0.25, 0.3) is 0 Å². The molecule has 3 heteroatoms. The Kier molecular flexibility index (Phi) is 2.56. The van der Waals surface area contributed by atoms with Gasteiger partial charge in [-0.05, 0) is 27.2 Å². The summed E-state index contributed by atoms with van der Waals surface area (Å²) in [5, 5.41) is 0. The summed E-state index contributed by atoms with van der Waals surface area (Å²) in [5.74, 6) is 0. The van der Waals surface area contributed by atoms with Crippen molar-refractivity contribution in [2.24, 2.45) is 0 Å². The summed E-state index contributed by atoms with van der Waals surface area (Å²) in [5.41, 5.74) is 0.0447. The van der Waals surface area contributed by atoms with Gasteiger partial charge in [-0.3, -0.25) is 4.90 Å². The van der Waals surface area contributed by atoms with Gasteiger partial charge in [-0.1, -0.05) is 0 Å². The lowest BCUT2D eigenvalue weighted by Crippen LogP contribution is -2.60. The fourth-order valence-electron chi connectivity index (χ4n) is 2.68. The second kappa shape index (κ2) is 3.46. The molecule has 2 nitrogen and oxygen atoms in total. The standard InChI is InChI=1S/C11H20FNO/c1-8(2)14-7-11-4-5-13(11)9(3)10(12)6-11/h8-10H,4-7H2,1-3H3/t9-,10-,11+/m1/s1. The molecule has 0 bridgehead atoms. The first-order valence-electron chi connectivity index (χ1n) is 5.57. The SMILES string of the molecule is CC(C)OC[C@@]12CCN1[C@H](C)[C@H](F)C2. The molecular formula is C11H20FNO. The normalized spacial score (nSPS) is 42.6. The van der Waals surface area contributed by atoms with E-state index in [1.54, 1.807) is 0 Å². The van der Waals surface area contributed by atoms with Gasteiger partial charge in [-0.2, -0.15) is 0 Å². The minimum Gasteiger partial charge on any atom is -0.377 e. The van der Waals surface area contributed by atoms with E-state index in [0.717, 1.165) is 13.0 Å². The van der Waals surface area contributed by atoms with Crippen LogP contribution in [0.15, 0.2) is 0 Å². The highest BCUT2D eigenvalue weighted by Crippen LogP contribution is 2.45. The van der Waals surface area contributed by atoms with Crippen LogP contribution in [-0.2, 0) is 4.74 Å². The van der Waals surface area contributed by atoms with Crippen LogP contribution in [0.3, 0.4) is 0 Å². The number of hydrogen-bond acceptors (Lipinski definition) is 2. The van der Waals surface area contributed by atoms with Gasteiger partial charge in [0.2, 0.25) is 0 Å². The van der Waals surface area contributed by atoms with Gasteiger partial charge in [0, 0.05) is 24.5 Å². The van der Waals surface area contributed by atoms with Gasteiger partial charge in [0.25, 0.3) is 0 Å². The first kappa shape index (κ1) is 10.4. The molecular weight excluding hydrogens is 181 g/mol. The van der Waals surface area contributed by atoms with Crippen molar-refractivity contribution in [3.63, 3.8) is 0 Å². The highest BCUT2D eigenvalue weighted by molar-refractivity contribution is 5.10. The van der Waals surface area contributed by atoms with Crippen molar-refractivity contribution >= 4 is 0 Å². The van der Waals surface area contributed by atoms with Crippen LogP contribution in [0.2, 0.25) is 0 Å². The number of nitrogens with zero attached hydrogens (tertiary/aromatic N) is 1. The number of halogens is 1. The van der Waals surface area contributed by atoms with E-state index in [9.17, 15) is 4.39 Å². The third-order valence-electron chi connectivity index (χ3n) is 3.70. The van der Waals surface area contributed by atoms with Gasteiger partial charge in [-0.15, -0.1) is 0 Å². The maximum Gasteiger partial charge on any atom is 0.117 e. The minimum atomic E-state index is -0.659. The molecule has 0 amide bonds. The molecule has 0 spiro atoms. The minimum absolute atomic E-state index is 0.0447. The van der Waals surface area contributed by atoms with Crippen LogP contribution in [-0.4, -0.2) is 41.9 Å². The average molecular weight is 201 g/mol. The lowest BCUT2D eigenvalue weighted by molar-refractivity contribution is -0.0770.